The van der Waals surface area contributed by atoms with Gasteiger partial charge in [0.2, 0.25) is 0 Å². The number of rotatable bonds is 4. The highest BCUT2D eigenvalue weighted by atomic mass is 32.1. The van der Waals surface area contributed by atoms with Gasteiger partial charge in [0.15, 0.2) is 11.6 Å². The molecular formula is C11H10FNO2S. The van der Waals surface area contributed by atoms with Gasteiger partial charge in [0.1, 0.15) is 6.61 Å². The predicted molar refractivity (Wildman–Crippen MR) is 58.8 cm³/mol. The normalized spacial score (nSPS) is 10.4. The van der Waals surface area contributed by atoms with E-state index >= 15 is 0 Å². The molecule has 0 bridgehead atoms. The molecule has 0 aliphatic carbocycles. The largest absolute Gasteiger partial charge is 0.485 e. The third-order valence-corrected chi connectivity index (χ3v) is 2.79. The Morgan fingerprint density at radius 1 is 1.44 bits per heavy atom. The number of nitrogens with zero attached hydrogens (tertiary/aromatic N) is 1. The Hall–Kier alpha value is -1.46. The highest BCUT2D eigenvalue weighted by Crippen LogP contribution is 2.20. The fourth-order valence-electron chi connectivity index (χ4n) is 1.22. The van der Waals surface area contributed by atoms with E-state index < -0.39 is 5.82 Å². The SMILES string of the molecule is OCc1ccc(OCc2cncs2)c(F)c1. The summed E-state index contributed by atoms with van der Waals surface area (Å²) in [7, 11) is 0. The molecule has 2 aromatic rings. The van der Waals surface area contributed by atoms with Crippen molar-refractivity contribution in [2.24, 2.45) is 0 Å². The molecule has 3 nitrogen and oxygen atoms in total. The summed E-state index contributed by atoms with van der Waals surface area (Å²) in [5.74, 6) is -0.276. The van der Waals surface area contributed by atoms with E-state index in [2.05, 4.69) is 4.98 Å². The van der Waals surface area contributed by atoms with Gasteiger partial charge in [-0.2, -0.15) is 0 Å². The first kappa shape index (κ1) is 11.0. The molecule has 0 unspecified atom stereocenters. The summed E-state index contributed by atoms with van der Waals surface area (Å²) in [6, 6.07) is 4.41. The molecule has 0 saturated heterocycles. The van der Waals surface area contributed by atoms with E-state index in [4.69, 9.17) is 9.84 Å². The van der Waals surface area contributed by atoms with Gasteiger partial charge < -0.3 is 9.84 Å². The zero-order valence-corrected chi connectivity index (χ0v) is 9.21. The van der Waals surface area contributed by atoms with Crippen molar-refractivity contribution in [3.8, 4) is 5.75 Å². The monoisotopic (exact) mass is 239 g/mol. The molecule has 1 aromatic heterocycles. The van der Waals surface area contributed by atoms with E-state index in [9.17, 15) is 4.39 Å². The van der Waals surface area contributed by atoms with Crippen LogP contribution in [-0.2, 0) is 13.2 Å². The maximum atomic E-state index is 13.4. The van der Waals surface area contributed by atoms with Crippen LogP contribution in [0.1, 0.15) is 10.4 Å². The quantitative estimate of drug-likeness (QED) is 0.890. The summed E-state index contributed by atoms with van der Waals surface area (Å²) in [5.41, 5.74) is 2.23. The third-order valence-electron chi connectivity index (χ3n) is 2.03. The first-order valence-electron chi connectivity index (χ1n) is 4.69. The number of aromatic nitrogens is 1. The van der Waals surface area contributed by atoms with Crippen LogP contribution in [0.2, 0.25) is 0 Å². The number of hydrogen-bond donors (Lipinski definition) is 1. The van der Waals surface area contributed by atoms with Gasteiger partial charge in [-0.25, -0.2) is 4.39 Å². The fraction of sp³-hybridized carbons (Fsp3) is 0.182. The molecule has 2 rings (SSSR count). The molecule has 1 N–H and O–H groups in total. The molecule has 0 saturated carbocycles. The van der Waals surface area contributed by atoms with Gasteiger partial charge >= 0.3 is 0 Å². The van der Waals surface area contributed by atoms with Crippen LogP contribution < -0.4 is 4.74 Å². The van der Waals surface area contributed by atoms with Crippen molar-refractivity contribution in [3.63, 3.8) is 0 Å². The average Bonchev–Trinajstić information content (AvgIpc) is 2.80. The summed E-state index contributed by atoms with van der Waals surface area (Å²) in [6.07, 6.45) is 1.69. The fourth-order valence-corrected chi connectivity index (χ4v) is 1.73. The predicted octanol–water partition coefficient (Wildman–Crippen LogP) is 2.35. The van der Waals surface area contributed by atoms with Crippen LogP contribution in [0.3, 0.4) is 0 Å². The van der Waals surface area contributed by atoms with Crippen LogP contribution in [0.5, 0.6) is 5.75 Å². The van der Waals surface area contributed by atoms with E-state index in [1.54, 1.807) is 17.8 Å². The summed E-state index contributed by atoms with van der Waals surface area (Å²) < 4.78 is 18.7. The number of ether oxygens (including phenoxy) is 1. The van der Waals surface area contributed by atoms with Gasteiger partial charge in [-0.3, -0.25) is 4.98 Å². The van der Waals surface area contributed by atoms with Gasteiger partial charge in [-0.1, -0.05) is 6.07 Å². The number of aliphatic hydroxyl groups is 1. The lowest BCUT2D eigenvalue weighted by molar-refractivity contribution is 0.277. The molecule has 0 fully saturated rings. The zero-order valence-electron chi connectivity index (χ0n) is 8.39. The molecule has 0 atom stereocenters. The van der Waals surface area contributed by atoms with Gasteiger partial charge in [-0.15, -0.1) is 11.3 Å². The highest BCUT2D eigenvalue weighted by molar-refractivity contribution is 7.09. The molecule has 0 aliphatic heterocycles. The smallest absolute Gasteiger partial charge is 0.165 e. The standard InChI is InChI=1S/C11H10FNO2S/c12-10-3-8(5-14)1-2-11(10)15-6-9-4-13-7-16-9/h1-4,7,14H,5-6H2. The van der Waals surface area contributed by atoms with Crippen LogP contribution in [0.4, 0.5) is 4.39 Å². The second-order valence-corrected chi connectivity index (χ2v) is 4.15. The minimum atomic E-state index is -0.462. The second-order valence-electron chi connectivity index (χ2n) is 3.18. The molecule has 84 valence electrons. The van der Waals surface area contributed by atoms with Gasteiger partial charge in [-0.05, 0) is 17.7 Å². The third kappa shape index (κ3) is 2.56. The van der Waals surface area contributed by atoms with Crippen LogP contribution >= 0.6 is 11.3 Å². The molecule has 0 aliphatic rings. The number of aliphatic hydroxyl groups excluding tert-OH is 1. The van der Waals surface area contributed by atoms with Crippen molar-refractivity contribution < 1.29 is 14.2 Å². The molecule has 16 heavy (non-hydrogen) atoms. The van der Waals surface area contributed by atoms with Gasteiger partial charge in [0, 0.05) is 6.20 Å². The Kier molecular flexibility index (Phi) is 3.48. The van der Waals surface area contributed by atoms with Crippen LogP contribution in [-0.4, -0.2) is 10.1 Å². The average molecular weight is 239 g/mol. The zero-order chi connectivity index (χ0) is 11.4. The summed E-state index contributed by atoms with van der Waals surface area (Å²) >= 11 is 1.46. The maximum Gasteiger partial charge on any atom is 0.165 e. The highest BCUT2D eigenvalue weighted by Gasteiger charge is 2.05. The summed E-state index contributed by atoms with van der Waals surface area (Å²) in [6.45, 7) is 0.131. The van der Waals surface area contributed by atoms with E-state index in [1.165, 1.54) is 23.5 Å². The molecule has 1 heterocycles. The summed E-state index contributed by atoms with van der Waals surface area (Å²) in [5, 5.41) is 8.82. The minimum absolute atomic E-state index is 0.175. The van der Waals surface area contributed by atoms with Crippen molar-refractivity contribution in [1.82, 2.24) is 4.98 Å². The number of thiazole rings is 1. The van der Waals surface area contributed by atoms with Crippen LogP contribution in [0.25, 0.3) is 0 Å². The lowest BCUT2D eigenvalue weighted by atomic mass is 10.2. The Labute approximate surface area is 96.2 Å². The molecule has 5 heteroatoms. The maximum absolute atomic E-state index is 13.4. The molecule has 1 aromatic carbocycles. The summed E-state index contributed by atoms with van der Waals surface area (Å²) in [4.78, 5) is 4.83. The lowest BCUT2D eigenvalue weighted by Gasteiger charge is -2.06. The topological polar surface area (TPSA) is 42.4 Å². The van der Waals surface area contributed by atoms with Crippen LogP contribution in [0.15, 0.2) is 29.9 Å². The number of benzene rings is 1. The van der Waals surface area contributed by atoms with Crippen molar-refractivity contribution in [2.75, 3.05) is 0 Å². The Bertz CT molecular complexity index is 459. The van der Waals surface area contributed by atoms with E-state index in [0.717, 1.165) is 4.88 Å². The van der Waals surface area contributed by atoms with Crippen molar-refractivity contribution in [3.05, 3.63) is 46.2 Å². The molecule has 0 spiro atoms. The number of halogens is 1. The lowest BCUT2D eigenvalue weighted by Crippen LogP contribution is -1.96. The van der Waals surface area contributed by atoms with Crippen molar-refractivity contribution in [2.45, 2.75) is 13.2 Å². The van der Waals surface area contributed by atoms with E-state index in [-0.39, 0.29) is 12.4 Å². The Morgan fingerprint density at radius 2 is 2.31 bits per heavy atom. The molecule has 0 amide bonds. The van der Waals surface area contributed by atoms with Crippen molar-refractivity contribution >= 4 is 11.3 Å². The van der Waals surface area contributed by atoms with Gasteiger partial charge in [0.25, 0.3) is 0 Å². The molecule has 0 radical (unpaired) electrons. The van der Waals surface area contributed by atoms with E-state index in [1.807, 2.05) is 0 Å². The molecular weight excluding hydrogens is 229 g/mol. The first-order chi connectivity index (χ1) is 7.79. The minimum Gasteiger partial charge on any atom is -0.485 e. The van der Waals surface area contributed by atoms with Crippen molar-refractivity contribution in [1.29, 1.82) is 0 Å². The number of hydrogen-bond acceptors (Lipinski definition) is 4. The van der Waals surface area contributed by atoms with Gasteiger partial charge in [0.05, 0.1) is 17.0 Å². The van der Waals surface area contributed by atoms with E-state index in [0.29, 0.717) is 12.2 Å². The first-order valence-corrected chi connectivity index (χ1v) is 5.57. The Morgan fingerprint density at radius 3 is 2.94 bits per heavy atom. The van der Waals surface area contributed by atoms with Crippen LogP contribution in [0, 0.1) is 5.82 Å². The second kappa shape index (κ2) is 5.05. The Balaban J connectivity index is 2.04.